The van der Waals surface area contributed by atoms with Crippen molar-refractivity contribution in [1.82, 2.24) is 19.8 Å². The van der Waals surface area contributed by atoms with Crippen molar-refractivity contribution >= 4 is 29.1 Å². The Balaban J connectivity index is 1.85. The molecular formula is C30H33ClN4O4. The Hall–Kier alpha value is -3.88. The van der Waals surface area contributed by atoms with Crippen LogP contribution in [0.2, 0.25) is 5.02 Å². The summed E-state index contributed by atoms with van der Waals surface area (Å²) in [7, 11) is 7.02. The van der Waals surface area contributed by atoms with Crippen LogP contribution in [0.5, 0.6) is 5.75 Å². The number of ketones is 2. The highest BCUT2D eigenvalue weighted by Crippen LogP contribution is 2.25. The Morgan fingerprint density at radius 1 is 1.03 bits per heavy atom. The topological polar surface area (TPSA) is 92.7 Å². The number of hydrogen-bond acceptors (Lipinski definition) is 7. The third-order valence-corrected chi connectivity index (χ3v) is 6.53. The van der Waals surface area contributed by atoms with Gasteiger partial charge in [-0.1, -0.05) is 54.6 Å². The number of halogens is 1. The van der Waals surface area contributed by atoms with Crippen molar-refractivity contribution in [2.45, 2.75) is 19.3 Å². The summed E-state index contributed by atoms with van der Waals surface area (Å²) in [6, 6.07) is 12.5. The van der Waals surface area contributed by atoms with Crippen LogP contribution in [0.4, 0.5) is 0 Å². The van der Waals surface area contributed by atoms with Crippen molar-refractivity contribution in [1.29, 1.82) is 0 Å². The van der Waals surface area contributed by atoms with E-state index in [1.54, 1.807) is 32.4 Å². The third kappa shape index (κ3) is 8.05. The molecule has 0 atom stereocenters. The normalized spacial score (nSPS) is 10.8. The molecule has 0 N–H and O–H groups in total. The Labute approximate surface area is 234 Å². The Morgan fingerprint density at radius 2 is 1.77 bits per heavy atom. The Morgan fingerprint density at radius 3 is 2.46 bits per heavy atom. The van der Waals surface area contributed by atoms with Gasteiger partial charge in [0.1, 0.15) is 11.6 Å². The summed E-state index contributed by atoms with van der Waals surface area (Å²) >= 11 is 6.46. The predicted molar refractivity (Wildman–Crippen MR) is 152 cm³/mol. The first-order valence-corrected chi connectivity index (χ1v) is 12.8. The number of nitrogens with zero attached hydrogens (tertiary/aromatic N) is 4. The minimum Gasteiger partial charge on any atom is -0.496 e. The highest BCUT2D eigenvalue weighted by Gasteiger charge is 2.23. The Bertz CT molecular complexity index is 1370. The lowest BCUT2D eigenvalue weighted by Gasteiger charge is -2.19. The van der Waals surface area contributed by atoms with Crippen molar-refractivity contribution in [3.05, 3.63) is 100 Å². The van der Waals surface area contributed by atoms with Gasteiger partial charge in [0.05, 0.1) is 17.8 Å². The quantitative estimate of drug-likeness (QED) is 0.182. The minimum absolute atomic E-state index is 0.0771. The van der Waals surface area contributed by atoms with Crippen LogP contribution in [-0.4, -0.2) is 78.6 Å². The van der Waals surface area contributed by atoms with Crippen molar-refractivity contribution in [2.24, 2.45) is 0 Å². The van der Waals surface area contributed by atoms with E-state index < -0.39 is 11.7 Å². The molecule has 3 rings (SSSR count). The van der Waals surface area contributed by atoms with E-state index in [1.165, 1.54) is 17.2 Å². The molecule has 0 radical (unpaired) electrons. The molecule has 1 amide bonds. The molecule has 2 aromatic carbocycles. The number of carbonyl (C=O) groups is 3. The van der Waals surface area contributed by atoms with Gasteiger partial charge in [0.15, 0.2) is 5.78 Å². The fourth-order valence-electron chi connectivity index (χ4n) is 3.99. The van der Waals surface area contributed by atoms with Gasteiger partial charge < -0.3 is 14.5 Å². The van der Waals surface area contributed by atoms with Crippen molar-refractivity contribution < 1.29 is 19.1 Å². The van der Waals surface area contributed by atoms with E-state index in [-0.39, 0.29) is 18.6 Å². The molecule has 3 aromatic rings. The van der Waals surface area contributed by atoms with E-state index in [1.807, 2.05) is 43.3 Å². The van der Waals surface area contributed by atoms with Gasteiger partial charge >= 0.3 is 0 Å². The first kappa shape index (κ1) is 29.7. The number of hydrogen-bond donors (Lipinski definition) is 0. The molecule has 1 aromatic heterocycles. The molecule has 1 heterocycles. The molecule has 0 aliphatic heterocycles. The monoisotopic (exact) mass is 548 g/mol. The largest absolute Gasteiger partial charge is 0.496 e. The number of allylic oxidation sites excluding steroid dienone is 1. The molecule has 39 heavy (non-hydrogen) atoms. The highest BCUT2D eigenvalue weighted by atomic mass is 35.5. The SMILES string of the molecule is C=CC(=O)Cc1ccc(OC)c(Cc2ncc(Cl)c(Cc3ccccc3C(=O)C(=O)N(C)CCN(C)C)n2)c1. The molecule has 0 aliphatic rings. The molecule has 0 unspecified atom stereocenters. The summed E-state index contributed by atoms with van der Waals surface area (Å²) in [5, 5.41) is 0.354. The van der Waals surface area contributed by atoms with Gasteiger partial charge in [-0.05, 0) is 37.4 Å². The molecule has 0 spiro atoms. The molecule has 204 valence electrons. The number of methoxy groups -OCH3 is 1. The van der Waals surface area contributed by atoms with Crippen LogP contribution in [0.3, 0.4) is 0 Å². The second kappa shape index (κ2) is 13.8. The summed E-state index contributed by atoms with van der Waals surface area (Å²) in [5.74, 6) is -0.0683. The number of Topliss-reactive ketones (excluding diaryl/α,β-unsaturated/α-hetero) is 1. The molecule has 0 aliphatic carbocycles. The van der Waals surface area contributed by atoms with Crippen LogP contribution in [0.25, 0.3) is 0 Å². The standard InChI is InChI=1S/C30H33ClN4O4/c1-6-23(36)16-20-11-12-27(39-5)22(15-20)18-28-32-19-25(31)26(33-28)17-21-9-7-8-10-24(21)29(37)30(38)35(4)14-13-34(2)3/h6-12,15,19H,1,13-14,16-18H2,2-5H3. The predicted octanol–water partition coefficient (Wildman–Crippen LogP) is 3.82. The third-order valence-electron chi connectivity index (χ3n) is 6.21. The number of rotatable bonds is 13. The van der Waals surface area contributed by atoms with Crippen LogP contribution >= 0.6 is 11.6 Å². The van der Waals surface area contributed by atoms with Gasteiger partial charge in [-0.15, -0.1) is 0 Å². The molecule has 0 fully saturated rings. The zero-order valence-corrected chi connectivity index (χ0v) is 23.5. The lowest BCUT2D eigenvalue weighted by Crippen LogP contribution is -2.38. The second-order valence-electron chi connectivity index (χ2n) is 9.44. The summed E-state index contributed by atoms with van der Waals surface area (Å²) in [6.45, 7) is 4.62. The van der Waals surface area contributed by atoms with E-state index in [0.717, 1.165) is 11.1 Å². The maximum absolute atomic E-state index is 13.1. The highest BCUT2D eigenvalue weighted by molar-refractivity contribution is 6.43. The maximum atomic E-state index is 13.1. The van der Waals surface area contributed by atoms with E-state index >= 15 is 0 Å². The minimum atomic E-state index is -0.576. The molecular weight excluding hydrogens is 516 g/mol. The second-order valence-corrected chi connectivity index (χ2v) is 9.85. The van der Waals surface area contributed by atoms with Crippen LogP contribution in [0, 0.1) is 0 Å². The lowest BCUT2D eigenvalue weighted by molar-refractivity contribution is -0.125. The van der Waals surface area contributed by atoms with Gasteiger partial charge in [0, 0.05) is 56.7 Å². The van der Waals surface area contributed by atoms with E-state index in [2.05, 4.69) is 16.5 Å². The molecule has 9 heteroatoms. The Kier molecular flexibility index (Phi) is 10.5. The van der Waals surface area contributed by atoms with Crippen LogP contribution in [0.1, 0.15) is 38.6 Å². The molecule has 0 saturated carbocycles. The number of amides is 1. The van der Waals surface area contributed by atoms with Crippen molar-refractivity contribution in [3.63, 3.8) is 0 Å². The zero-order chi connectivity index (χ0) is 28.5. The van der Waals surface area contributed by atoms with Crippen molar-refractivity contribution in [3.8, 4) is 5.75 Å². The number of likely N-dealkylation sites (N-methyl/N-ethyl adjacent to an activating group) is 2. The van der Waals surface area contributed by atoms with Gasteiger partial charge in [-0.2, -0.15) is 0 Å². The fraction of sp³-hybridized carbons (Fsp3) is 0.300. The summed E-state index contributed by atoms with van der Waals surface area (Å²) in [6.07, 6.45) is 3.66. The van der Waals surface area contributed by atoms with Crippen LogP contribution < -0.4 is 4.74 Å². The maximum Gasteiger partial charge on any atom is 0.294 e. The van der Waals surface area contributed by atoms with E-state index in [9.17, 15) is 14.4 Å². The molecule has 0 saturated heterocycles. The lowest BCUT2D eigenvalue weighted by atomic mass is 9.98. The average Bonchev–Trinajstić information content (AvgIpc) is 2.93. The zero-order valence-electron chi connectivity index (χ0n) is 22.7. The number of aromatic nitrogens is 2. The molecule has 0 bridgehead atoms. The fourth-order valence-corrected chi connectivity index (χ4v) is 4.15. The number of benzene rings is 2. The number of carbonyl (C=O) groups excluding carboxylic acids is 3. The first-order chi connectivity index (χ1) is 18.6. The van der Waals surface area contributed by atoms with Crippen molar-refractivity contribution in [2.75, 3.05) is 41.3 Å². The smallest absolute Gasteiger partial charge is 0.294 e. The molecule has 8 nitrogen and oxygen atoms in total. The summed E-state index contributed by atoms with van der Waals surface area (Å²) in [4.78, 5) is 50.2. The van der Waals surface area contributed by atoms with Gasteiger partial charge in [-0.25, -0.2) is 9.97 Å². The van der Waals surface area contributed by atoms with E-state index in [4.69, 9.17) is 16.3 Å². The van der Waals surface area contributed by atoms with Gasteiger partial charge in [0.2, 0.25) is 0 Å². The van der Waals surface area contributed by atoms with Gasteiger partial charge in [-0.3, -0.25) is 14.4 Å². The average molecular weight is 549 g/mol. The van der Waals surface area contributed by atoms with E-state index in [0.29, 0.717) is 52.9 Å². The van der Waals surface area contributed by atoms with Crippen LogP contribution in [-0.2, 0) is 28.9 Å². The van der Waals surface area contributed by atoms with Gasteiger partial charge in [0.25, 0.3) is 11.7 Å². The van der Waals surface area contributed by atoms with Crippen LogP contribution in [0.15, 0.2) is 61.3 Å². The summed E-state index contributed by atoms with van der Waals surface area (Å²) < 4.78 is 5.50. The summed E-state index contributed by atoms with van der Waals surface area (Å²) in [5.41, 5.74) is 3.15. The number of ether oxygens (including phenoxy) is 1. The first-order valence-electron chi connectivity index (χ1n) is 12.5.